The summed E-state index contributed by atoms with van der Waals surface area (Å²) >= 11 is 0. The summed E-state index contributed by atoms with van der Waals surface area (Å²) in [6, 6.07) is 17.6. The van der Waals surface area contributed by atoms with E-state index in [0.717, 1.165) is 33.9 Å². The van der Waals surface area contributed by atoms with Crippen molar-refractivity contribution in [3.63, 3.8) is 0 Å². The van der Waals surface area contributed by atoms with Gasteiger partial charge in [0.15, 0.2) is 0 Å². The number of aryl methyl sites for hydroxylation is 2. The maximum Gasteiger partial charge on any atom is 0.408 e. The molecule has 42 heavy (non-hydrogen) atoms. The molecule has 226 valence electrons. The van der Waals surface area contributed by atoms with Gasteiger partial charge in [0.25, 0.3) is 5.91 Å². The second-order valence-corrected chi connectivity index (χ2v) is 12.7. The molecule has 3 aromatic rings. The molecule has 0 saturated heterocycles. The molecule has 0 aliphatic rings. The van der Waals surface area contributed by atoms with Crippen LogP contribution in [0.15, 0.2) is 60.7 Å². The normalized spacial score (nSPS) is 13.8. The smallest absolute Gasteiger partial charge is 0.408 e. The first-order chi connectivity index (χ1) is 19.7. The second-order valence-electron chi connectivity index (χ2n) is 12.7. The van der Waals surface area contributed by atoms with Crippen molar-refractivity contribution in [2.45, 2.75) is 98.9 Å². The number of amides is 3. The van der Waals surface area contributed by atoms with Crippen LogP contribution in [0.3, 0.4) is 0 Å². The molecule has 0 radical (unpaired) electrons. The zero-order chi connectivity index (χ0) is 31.2. The van der Waals surface area contributed by atoms with Gasteiger partial charge in [0.05, 0.1) is 0 Å². The third kappa shape index (κ3) is 8.81. The lowest BCUT2D eigenvalue weighted by Crippen LogP contribution is -2.54. The lowest BCUT2D eigenvalue weighted by atomic mass is 9.93. The molecule has 0 heterocycles. The molecule has 0 aromatic heterocycles. The van der Waals surface area contributed by atoms with Crippen LogP contribution in [0.2, 0.25) is 0 Å². The highest BCUT2D eigenvalue weighted by Crippen LogP contribution is 2.31. The molecule has 3 amide bonds. The number of ether oxygens (including phenoxy) is 1. The van der Waals surface area contributed by atoms with E-state index in [9.17, 15) is 14.4 Å². The Bertz CT molecular complexity index is 1410. The van der Waals surface area contributed by atoms with Crippen molar-refractivity contribution in [3.05, 3.63) is 77.4 Å². The third-order valence-corrected chi connectivity index (χ3v) is 7.27. The Morgan fingerprint density at radius 2 is 1.52 bits per heavy atom. The lowest BCUT2D eigenvalue weighted by molar-refractivity contribution is -0.143. The number of anilines is 1. The molecule has 3 rings (SSSR count). The Labute approximate surface area is 251 Å². The molecule has 3 unspecified atom stereocenters. The average molecular weight is 574 g/mol. The number of benzene rings is 3. The molecule has 0 bridgehead atoms. The van der Waals surface area contributed by atoms with Crippen LogP contribution >= 0.6 is 0 Å². The van der Waals surface area contributed by atoms with Crippen LogP contribution < -0.4 is 10.6 Å². The molecule has 2 N–H and O–H groups in total. The first-order valence-electron chi connectivity index (χ1n) is 14.8. The lowest BCUT2D eigenvalue weighted by Gasteiger charge is -2.38. The van der Waals surface area contributed by atoms with Crippen molar-refractivity contribution < 1.29 is 19.1 Å². The first kappa shape index (κ1) is 32.6. The van der Waals surface area contributed by atoms with E-state index in [-0.39, 0.29) is 17.9 Å². The Kier molecular flexibility index (Phi) is 10.8. The van der Waals surface area contributed by atoms with Crippen LogP contribution in [-0.2, 0) is 14.3 Å². The molecule has 7 heteroatoms. The van der Waals surface area contributed by atoms with E-state index in [0.29, 0.717) is 18.0 Å². The molecule has 0 saturated carbocycles. The van der Waals surface area contributed by atoms with Gasteiger partial charge in [-0.3, -0.25) is 9.59 Å². The van der Waals surface area contributed by atoms with Gasteiger partial charge in [0, 0.05) is 11.7 Å². The van der Waals surface area contributed by atoms with Crippen LogP contribution in [-0.4, -0.2) is 40.5 Å². The van der Waals surface area contributed by atoms with E-state index in [1.807, 2.05) is 81.4 Å². The highest BCUT2D eigenvalue weighted by Gasteiger charge is 2.38. The minimum Gasteiger partial charge on any atom is -0.444 e. The Hall–Kier alpha value is -3.87. The fraction of sp³-hybridized carbons (Fsp3) is 0.457. The highest BCUT2D eigenvalue weighted by atomic mass is 16.6. The molecular weight excluding hydrogens is 526 g/mol. The van der Waals surface area contributed by atoms with Gasteiger partial charge in [-0.15, -0.1) is 0 Å². The molecule has 0 aliphatic carbocycles. The van der Waals surface area contributed by atoms with E-state index < -0.39 is 23.8 Å². The molecule has 0 aliphatic heterocycles. The summed E-state index contributed by atoms with van der Waals surface area (Å²) in [5.74, 6) is -0.239. The summed E-state index contributed by atoms with van der Waals surface area (Å²) in [6.45, 7) is 17.1. The summed E-state index contributed by atoms with van der Waals surface area (Å²) < 4.78 is 5.42. The summed E-state index contributed by atoms with van der Waals surface area (Å²) in [6.07, 6.45) is 0.902. The second kappa shape index (κ2) is 13.9. The molecule has 0 fully saturated rings. The number of alkyl carbamates (subject to hydrolysis) is 1. The number of rotatable bonds is 10. The fourth-order valence-corrected chi connectivity index (χ4v) is 5.03. The quantitative estimate of drug-likeness (QED) is 0.260. The predicted molar refractivity (Wildman–Crippen MR) is 170 cm³/mol. The molecule has 3 aromatic carbocycles. The minimum atomic E-state index is -0.922. The van der Waals surface area contributed by atoms with Gasteiger partial charge >= 0.3 is 6.09 Å². The van der Waals surface area contributed by atoms with Crippen molar-refractivity contribution in [3.8, 4) is 0 Å². The first-order valence-corrected chi connectivity index (χ1v) is 14.8. The molecule has 7 nitrogen and oxygen atoms in total. The maximum atomic E-state index is 14.3. The predicted octanol–water partition coefficient (Wildman–Crippen LogP) is 7.70. The maximum absolute atomic E-state index is 14.3. The molecule has 3 atom stereocenters. The number of hydrogen-bond acceptors (Lipinski definition) is 4. The van der Waals surface area contributed by atoms with Crippen LogP contribution in [0.1, 0.15) is 84.0 Å². The average Bonchev–Trinajstić information content (AvgIpc) is 2.90. The number of nitrogens with zero attached hydrogens (tertiary/aromatic N) is 1. The number of nitrogens with one attached hydrogen (secondary N) is 2. The van der Waals surface area contributed by atoms with Crippen LogP contribution in [0.5, 0.6) is 0 Å². The van der Waals surface area contributed by atoms with Gasteiger partial charge in [0.1, 0.15) is 17.7 Å². The zero-order valence-corrected chi connectivity index (χ0v) is 26.6. The largest absolute Gasteiger partial charge is 0.444 e. The molecular formula is C35H47N3O4. The van der Waals surface area contributed by atoms with Crippen molar-refractivity contribution in [2.75, 3.05) is 5.32 Å². The molecule has 0 spiro atoms. The topological polar surface area (TPSA) is 87.7 Å². The van der Waals surface area contributed by atoms with Crippen molar-refractivity contribution in [1.29, 1.82) is 0 Å². The van der Waals surface area contributed by atoms with E-state index in [2.05, 4.69) is 24.5 Å². The summed E-state index contributed by atoms with van der Waals surface area (Å²) in [5, 5.41) is 7.87. The Morgan fingerprint density at radius 1 is 0.857 bits per heavy atom. The number of hydrogen-bond donors (Lipinski definition) is 2. The monoisotopic (exact) mass is 573 g/mol. The van der Waals surface area contributed by atoms with Crippen molar-refractivity contribution >= 4 is 34.4 Å². The SMILES string of the molecule is Cc1ccc(C)c(C(C(=O)Nc2ccc3ccccc3c2)N(C(=O)C(C)NC(=O)OC(C)(C)C)C(C)CCC(C)C)c1. The number of carbonyl (C=O) groups excluding carboxylic acids is 3. The van der Waals surface area contributed by atoms with Crippen LogP contribution in [0.25, 0.3) is 10.8 Å². The highest BCUT2D eigenvalue weighted by molar-refractivity contribution is 6.00. The van der Waals surface area contributed by atoms with Gasteiger partial charge in [-0.25, -0.2) is 4.79 Å². The van der Waals surface area contributed by atoms with Gasteiger partial charge < -0.3 is 20.3 Å². The van der Waals surface area contributed by atoms with E-state index >= 15 is 0 Å². The summed E-state index contributed by atoms with van der Waals surface area (Å²) in [7, 11) is 0. The van der Waals surface area contributed by atoms with Crippen molar-refractivity contribution in [2.24, 2.45) is 5.92 Å². The fourth-order valence-electron chi connectivity index (χ4n) is 5.03. The third-order valence-electron chi connectivity index (χ3n) is 7.27. The Morgan fingerprint density at radius 3 is 2.17 bits per heavy atom. The number of carbonyl (C=O) groups is 3. The van der Waals surface area contributed by atoms with Gasteiger partial charge in [-0.1, -0.05) is 67.9 Å². The summed E-state index contributed by atoms with van der Waals surface area (Å²) in [4.78, 5) is 42.8. The van der Waals surface area contributed by atoms with Crippen molar-refractivity contribution in [1.82, 2.24) is 10.2 Å². The van der Waals surface area contributed by atoms with Crippen LogP contribution in [0.4, 0.5) is 10.5 Å². The minimum absolute atomic E-state index is 0.282. The zero-order valence-electron chi connectivity index (χ0n) is 26.6. The van der Waals surface area contributed by atoms with Gasteiger partial charge in [-0.05, 0) is 101 Å². The summed E-state index contributed by atoms with van der Waals surface area (Å²) in [5.41, 5.74) is 2.58. The van der Waals surface area contributed by atoms with E-state index in [4.69, 9.17) is 4.74 Å². The van der Waals surface area contributed by atoms with Crippen LogP contribution in [0, 0.1) is 19.8 Å². The van der Waals surface area contributed by atoms with Gasteiger partial charge in [0.2, 0.25) is 5.91 Å². The Balaban J connectivity index is 2.07. The van der Waals surface area contributed by atoms with E-state index in [1.54, 1.807) is 32.6 Å². The standard InChI is InChI=1S/C35H47N3O4/c1-22(2)14-17-25(5)38(33(40)26(6)36-34(41)42-35(7,8)9)31(30-20-23(3)15-16-24(30)4)32(39)37-29-19-18-27-12-10-11-13-28(27)21-29/h10-13,15-16,18-22,25-26,31H,14,17H2,1-9H3,(H,36,41)(H,37,39). The number of fused-ring (bicyclic) bond motifs is 1. The van der Waals surface area contributed by atoms with E-state index in [1.165, 1.54) is 0 Å². The van der Waals surface area contributed by atoms with Gasteiger partial charge in [-0.2, -0.15) is 0 Å².